The number of rotatable bonds is 3. The van der Waals surface area contributed by atoms with Crippen LogP contribution in [-0.4, -0.2) is 22.9 Å². The van der Waals surface area contributed by atoms with Crippen LogP contribution in [-0.2, 0) is 9.63 Å². The second kappa shape index (κ2) is 4.83. The number of hydrogen-bond acceptors (Lipinski definition) is 4. The summed E-state index contributed by atoms with van der Waals surface area (Å²) in [6, 6.07) is 5.58. The van der Waals surface area contributed by atoms with Crippen LogP contribution in [0.4, 0.5) is 0 Å². The first-order valence-corrected chi connectivity index (χ1v) is 5.41. The summed E-state index contributed by atoms with van der Waals surface area (Å²) < 4.78 is 1.78. The zero-order chi connectivity index (χ0) is 13.1. The summed E-state index contributed by atoms with van der Waals surface area (Å²) in [6.45, 7) is 3.10. The van der Waals surface area contributed by atoms with Gasteiger partial charge in [-0.15, -0.1) is 0 Å². The monoisotopic (exact) mass is 244 g/mol. The van der Waals surface area contributed by atoms with Gasteiger partial charge in [-0.25, -0.2) is 4.79 Å². The summed E-state index contributed by atoms with van der Waals surface area (Å²) in [4.78, 5) is 26.3. The van der Waals surface area contributed by atoms with Crippen LogP contribution in [0.1, 0.15) is 28.5 Å². The van der Waals surface area contributed by atoms with E-state index in [9.17, 15) is 9.59 Å². The Balaban J connectivity index is 2.56. The van der Waals surface area contributed by atoms with Crippen molar-refractivity contribution >= 4 is 24.0 Å². The minimum Gasteiger partial charge on any atom is -0.319 e. The maximum absolute atomic E-state index is 11.1. The molecule has 2 rings (SSSR count). The highest BCUT2D eigenvalue weighted by atomic mass is 16.7. The molecule has 0 aliphatic carbocycles. The van der Waals surface area contributed by atoms with Crippen LogP contribution in [0.15, 0.2) is 29.6 Å². The first-order valence-electron chi connectivity index (χ1n) is 5.41. The van der Waals surface area contributed by atoms with Gasteiger partial charge in [0.15, 0.2) is 6.29 Å². The Morgan fingerprint density at radius 1 is 1.44 bits per heavy atom. The Hall–Kier alpha value is -2.43. The zero-order valence-corrected chi connectivity index (χ0v) is 10.1. The molecule has 0 atom stereocenters. The first kappa shape index (κ1) is 12.0. The number of hydrogen-bond donors (Lipinski definition) is 0. The molecule has 2 aromatic rings. The van der Waals surface area contributed by atoms with E-state index in [1.165, 1.54) is 13.1 Å². The lowest BCUT2D eigenvalue weighted by atomic mass is 10.1. The van der Waals surface area contributed by atoms with E-state index in [0.717, 1.165) is 22.9 Å². The Kier molecular flexibility index (Phi) is 3.23. The predicted octanol–water partition coefficient (Wildman–Crippen LogP) is 1.96. The summed E-state index contributed by atoms with van der Waals surface area (Å²) >= 11 is 0. The molecule has 0 fully saturated rings. The number of carbonyl (C=O) groups excluding carboxylic acids is 2. The van der Waals surface area contributed by atoms with Crippen molar-refractivity contribution in [2.45, 2.75) is 13.8 Å². The fraction of sp³-hybridized carbons (Fsp3) is 0.154. The van der Waals surface area contributed by atoms with Crippen molar-refractivity contribution in [3.8, 4) is 0 Å². The van der Waals surface area contributed by atoms with E-state index >= 15 is 0 Å². The Morgan fingerprint density at radius 3 is 2.89 bits per heavy atom. The molecule has 0 unspecified atom stereocenters. The summed E-state index contributed by atoms with van der Waals surface area (Å²) in [5, 5.41) is 3.60. The largest absolute Gasteiger partial charge is 0.331 e. The van der Waals surface area contributed by atoms with Crippen LogP contribution in [0.2, 0.25) is 0 Å². The molecule has 0 radical (unpaired) electrons. The summed E-state index contributed by atoms with van der Waals surface area (Å²) in [7, 11) is 0. The highest BCUT2D eigenvalue weighted by molar-refractivity contribution is 5.96. The lowest BCUT2D eigenvalue weighted by Crippen LogP contribution is -1.92. The molecule has 92 valence electrons. The molecule has 18 heavy (non-hydrogen) atoms. The third-order valence-electron chi connectivity index (χ3n) is 2.66. The van der Waals surface area contributed by atoms with Gasteiger partial charge in [0.05, 0.1) is 17.4 Å². The lowest BCUT2D eigenvalue weighted by molar-refractivity contribution is -0.140. The number of nitrogens with zero attached hydrogens (tertiary/aromatic N) is 2. The molecule has 2 heterocycles. The van der Waals surface area contributed by atoms with E-state index in [2.05, 4.69) is 9.99 Å². The van der Waals surface area contributed by atoms with Crippen molar-refractivity contribution in [3.63, 3.8) is 0 Å². The van der Waals surface area contributed by atoms with Crippen molar-refractivity contribution < 1.29 is 14.4 Å². The molecule has 5 nitrogen and oxygen atoms in total. The zero-order valence-electron chi connectivity index (χ0n) is 10.1. The molecular formula is C13H12N2O3. The fourth-order valence-electron chi connectivity index (χ4n) is 1.84. The van der Waals surface area contributed by atoms with Crippen molar-refractivity contribution in [1.82, 2.24) is 4.40 Å². The van der Waals surface area contributed by atoms with E-state index in [1.807, 2.05) is 25.1 Å². The van der Waals surface area contributed by atoms with E-state index in [0.29, 0.717) is 5.69 Å². The summed E-state index contributed by atoms with van der Waals surface area (Å²) in [5.74, 6) is -0.483. The second-order valence-electron chi connectivity index (χ2n) is 3.82. The minimum absolute atomic E-state index is 0.483. The minimum atomic E-state index is -0.483. The van der Waals surface area contributed by atoms with Crippen molar-refractivity contribution in [1.29, 1.82) is 0 Å². The number of fused-ring (bicyclic) bond motifs is 1. The number of carbonyl (C=O) groups is 2. The van der Waals surface area contributed by atoms with Gasteiger partial charge < -0.3 is 9.24 Å². The van der Waals surface area contributed by atoms with Gasteiger partial charge in [0.2, 0.25) is 0 Å². The number of pyridine rings is 1. The topological polar surface area (TPSA) is 60.1 Å². The van der Waals surface area contributed by atoms with Gasteiger partial charge in [0, 0.05) is 18.7 Å². The van der Waals surface area contributed by atoms with E-state index in [1.54, 1.807) is 10.6 Å². The first-order chi connectivity index (χ1) is 8.65. The van der Waals surface area contributed by atoms with Crippen LogP contribution in [0.25, 0.3) is 5.52 Å². The SMILES string of the molecule is CC(=O)ON=Cc1c(C)c(C=O)n2ccccc12. The van der Waals surface area contributed by atoms with Gasteiger partial charge in [-0.05, 0) is 24.6 Å². The maximum Gasteiger partial charge on any atom is 0.331 e. The van der Waals surface area contributed by atoms with Crippen molar-refractivity contribution in [3.05, 3.63) is 41.2 Å². The maximum atomic E-state index is 11.1. The third-order valence-corrected chi connectivity index (χ3v) is 2.66. The molecule has 0 aromatic carbocycles. The van der Waals surface area contributed by atoms with Crippen LogP contribution >= 0.6 is 0 Å². The molecule has 0 bridgehead atoms. The molecule has 0 amide bonds. The van der Waals surface area contributed by atoms with Crippen LogP contribution in [0.3, 0.4) is 0 Å². The summed E-state index contributed by atoms with van der Waals surface area (Å²) in [6.07, 6.45) is 4.04. The van der Waals surface area contributed by atoms with Gasteiger partial charge >= 0.3 is 5.97 Å². The van der Waals surface area contributed by atoms with Gasteiger partial charge in [-0.2, -0.15) is 0 Å². The highest BCUT2D eigenvalue weighted by Crippen LogP contribution is 2.20. The predicted molar refractivity (Wildman–Crippen MR) is 66.9 cm³/mol. The Morgan fingerprint density at radius 2 is 2.22 bits per heavy atom. The van der Waals surface area contributed by atoms with Crippen molar-refractivity contribution in [2.75, 3.05) is 0 Å². The standard InChI is InChI=1S/C13H12N2O3/c1-9-11(7-14-18-10(2)17)12-5-3-4-6-15(12)13(9)8-16/h3-8H,1-2H3. The quantitative estimate of drug-likeness (QED) is 0.359. The number of oxime groups is 1. The third kappa shape index (κ3) is 2.02. The van der Waals surface area contributed by atoms with Gasteiger partial charge in [-0.3, -0.25) is 4.79 Å². The van der Waals surface area contributed by atoms with Crippen molar-refractivity contribution in [2.24, 2.45) is 5.16 Å². The normalized spacial score (nSPS) is 11.0. The number of aromatic nitrogens is 1. The van der Waals surface area contributed by atoms with Gasteiger partial charge in [-0.1, -0.05) is 11.2 Å². The van der Waals surface area contributed by atoms with Crippen LogP contribution < -0.4 is 0 Å². The average Bonchev–Trinajstić information content (AvgIpc) is 2.62. The van der Waals surface area contributed by atoms with E-state index in [-0.39, 0.29) is 0 Å². The van der Waals surface area contributed by atoms with Crippen LogP contribution in [0.5, 0.6) is 0 Å². The smallest absolute Gasteiger partial charge is 0.319 e. The molecule has 0 N–H and O–H groups in total. The molecule has 0 aliphatic rings. The average molecular weight is 244 g/mol. The molecular weight excluding hydrogens is 232 g/mol. The number of aldehydes is 1. The van der Waals surface area contributed by atoms with Gasteiger partial charge in [0.1, 0.15) is 0 Å². The highest BCUT2D eigenvalue weighted by Gasteiger charge is 2.12. The van der Waals surface area contributed by atoms with E-state index < -0.39 is 5.97 Å². The molecule has 2 aromatic heterocycles. The molecule has 0 saturated carbocycles. The van der Waals surface area contributed by atoms with Gasteiger partial charge in [0.25, 0.3) is 0 Å². The Labute approximate surface area is 104 Å². The van der Waals surface area contributed by atoms with E-state index in [4.69, 9.17) is 0 Å². The molecule has 0 spiro atoms. The fourth-order valence-corrected chi connectivity index (χ4v) is 1.84. The summed E-state index contributed by atoms with van der Waals surface area (Å²) in [5.41, 5.74) is 2.97. The van der Waals surface area contributed by atoms with Crippen LogP contribution in [0, 0.1) is 6.92 Å². The second-order valence-corrected chi connectivity index (χ2v) is 3.82. The molecule has 5 heteroatoms. The molecule has 0 saturated heterocycles. The lowest BCUT2D eigenvalue weighted by Gasteiger charge is -1.95. The Bertz CT molecular complexity index is 641. The molecule has 0 aliphatic heterocycles.